The first-order valence-corrected chi connectivity index (χ1v) is 11.8. The van der Waals surface area contributed by atoms with E-state index in [0.717, 1.165) is 4.90 Å². The van der Waals surface area contributed by atoms with Gasteiger partial charge in [-0.3, -0.25) is 9.59 Å². The van der Waals surface area contributed by atoms with E-state index in [9.17, 15) is 18.0 Å². The van der Waals surface area contributed by atoms with E-state index >= 15 is 0 Å². The van der Waals surface area contributed by atoms with Gasteiger partial charge in [0, 0.05) is 35.0 Å². The molecule has 1 fully saturated rings. The Labute approximate surface area is 170 Å². The maximum atomic E-state index is 13.0. The van der Waals surface area contributed by atoms with E-state index in [1.807, 2.05) is 30.5 Å². The van der Waals surface area contributed by atoms with Gasteiger partial charge in [-0.1, -0.05) is 24.3 Å². The van der Waals surface area contributed by atoms with Crippen LogP contribution in [0.15, 0.2) is 58.3 Å². The summed E-state index contributed by atoms with van der Waals surface area (Å²) in [5, 5.41) is 0. The maximum Gasteiger partial charge on any atom is 0.243 e. The summed E-state index contributed by atoms with van der Waals surface area (Å²) in [5.74, 6) is -0.472. The third-order valence-electron chi connectivity index (χ3n) is 5.03. The lowest BCUT2D eigenvalue weighted by molar-refractivity contribution is 0.0872. The fourth-order valence-electron chi connectivity index (χ4n) is 3.38. The second-order valence-electron chi connectivity index (χ2n) is 6.88. The monoisotopic (exact) mass is 417 g/mol. The zero-order valence-corrected chi connectivity index (χ0v) is 17.6. The van der Waals surface area contributed by atoms with Gasteiger partial charge >= 0.3 is 0 Å². The normalized spacial score (nSPS) is 18.0. The lowest BCUT2D eigenvalue weighted by atomic mass is 9.91. The van der Waals surface area contributed by atoms with E-state index in [-0.39, 0.29) is 28.9 Å². The maximum absolute atomic E-state index is 13.0. The van der Waals surface area contributed by atoms with Crippen molar-refractivity contribution in [3.63, 3.8) is 0 Å². The number of hydrogen-bond acceptors (Lipinski definition) is 5. The van der Waals surface area contributed by atoms with Crippen LogP contribution in [0.3, 0.4) is 0 Å². The van der Waals surface area contributed by atoms with Crippen LogP contribution in [-0.4, -0.2) is 43.6 Å². The molecule has 0 radical (unpaired) electrons. The molecular formula is C21H23NO4S2. The predicted octanol–water partition coefficient (Wildman–Crippen LogP) is 3.89. The van der Waals surface area contributed by atoms with Crippen LogP contribution in [0.5, 0.6) is 0 Å². The molecule has 0 spiro atoms. The van der Waals surface area contributed by atoms with Crippen molar-refractivity contribution in [3.05, 3.63) is 59.7 Å². The zero-order valence-electron chi connectivity index (χ0n) is 15.9. The summed E-state index contributed by atoms with van der Waals surface area (Å²) in [7, 11) is -3.70. The molecule has 7 heteroatoms. The molecule has 0 amide bonds. The lowest BCUT2D eigenvalue weighted by Gasteiger charge is -2.31. The van der Waals surface area contributed by atoms with Crippen LogP contribution in [-0.2, 0) is 10.0 Å². The standard InChI is InChI=1S/C21H23NO4S2/c1-15(23)16-7-11-20(12-8-16)28(25,26)22-13-3-4-18(14-22)21(24)17-5-9-19(27-2)10-6-17/h5-12,18H,3-4,13-14H2,1-2H3/t18-/m0/s1. The van der Waals surface area contributed by atoms with E-state index < -0.39 is 10.0 Å². The van der Waals surface area contributed by atoms with Crippen LogP contribution in [0.2, 0.25) is 0 Å². The van der Waals surface area contributed by atoms with Crippen LogP contribution >= 0.6 is 11.8 Å². The summed E-state index contributed by atoms with van der Waals surface area (Å²) < 4.78 is 27.4. The fourth-order valence-corrected chi connectivity index (χ4v) is 5.31. The number of sulfonamides is 1. The fraction of sp³-hybridized carbons (Fsp3) is 0.333. The number of benzene rings is 2. The van der Waals surface area contributed by atoms with Crippen molar-refractivity contribution < 1.29 is 18.0 Å². The highest BCUT2D eigenvalue weighted by molar-refractivity contribution is 7.98. The van der Waals surface area contributed by atoms with Gasteiger partial charge in [0.2, 0.25) is 10.0 Å². The average molecular weight is 418 g/mol. The summed E-state index contributed by atoms with van der Waals surface area (Å²) in [4.78, 5) is 25.5. The lowest BCUT2D eigenvalue weighted by Crippen LogP contribution is -2.42. The Morgan fingerprint density at radius 3 is 2.18 bits per heavy atom. The molecule has 1 aliphatic rings. The molecule has 148 valence electrons. The van der Waals surface area contributed by atoms with Crippen molar-refractivity contribution in [1.82, 2.24) is 4.31 Å². The molecule has 5 nitrogen and oxygen atoms in total. The average Bonchev–Trinajstić information content (AvgIpc) is 2.73. The van der Waals surface area contributed by atoms with Crippen molar-refractivity contribution in [2.24, 2.45) is 5.92 Å². The smallest absolute Gasteiger partial charge is 0.243 e. The van der Waals surface area contributed by atoms with Gasteiger partial charge in [0.15, 0.2) is 11.6 Å². The van der Waals surface area contributed by atoms with Crippen LogP contribution in [0.4, 0.5) is 0 Å². The summed E-state index contributed by atoms with van der Waals surface area (Å²) >= 11 is 1.61. The van der Waals surface area contributed by atoms with Crippen molar-refractivity contribution in [3.8, 4) is 0 Å². The largest absolute Gasteiger partial charge is 0.295 e. The molecule has 0 saturated carbocycles. The highest BCUT2D eigenvalue weighted by Gasteiger charge is 2.33. The minimum Gasteiger partial charge on any atom is -0.295 e. The number of carbonyl (C=O) groups is 2. The van der Waals surface area contributed by atoms with Gasteiger partial charge in [-0.2, -0.15) is 4.31 Å². The summed E-state index contributed by atoms with van der Waals surface area (Å²) in [6, 6.07) is 13.4. The third kappa shape index (κ3) is 4.37. The van der Waals surface area contributed by atoms with Gasteiger partial charge in [0.1, 0.15) is 0 Å². The zero-order chi connectivity index (χ0) is 20.3. The number of piperidine rings is 1. The van der Waals surface area contributed by atoms with Crippen LogP contribution in [0.25, 0.3) is 0 Å². The Bertz CT molecular complexity index is 966. The SMILES string of the molecule is CSc1ccc(C(=O)[C@H]2CCCN(S(=O)(=O)c3ccc(C(C)=O)cc3)C2)cc1. The van der Waals surface area contributed by atoms with Gasteiger partial charge in [-0.25, -0.2) is 8.42 Å². The van der Waals surface area contributed by atoms with Gasteiger partial charge in [0.25, 0.3) is 0 Å². The van der Waals surface area contributed by atoms with Crippen molar-refractivity contribution in [2.75, 3.05) is 19.3 Å². The van der Waals surface area contributed by atoms with Crippen LogP contribution < -0.4 is 0 Å². The summed E-state index contributed by atoms with van der Waals surface area (Å²) in [5.41, 5.74) is 1.09. The number of Topliss-reactive ketones (excluding diaryl/α,β-unsaturated/α-hetero) is 2. The predicted molar refractivity (Wildman–Crippen MR) is 110 cm³/mol. The van der Waals surface area contributed by atoms with E-state index in [2.05, 4.69) is 0 Å². The molecular weight excluding hydrogens is 394 g/mol. The molecule has 2 aromatic rings. The number of hydrogen-bond donors (Lipinski definition) is 0. The van der Waals surface area contributed by atoms with Gasteiger partial charge in [-0.15, -0.1) is 11.8 Å². The van der Waals surface area contributed by atoms with Crippen molar-refractivity contribution in [1.29, 1.82) is 0 Å². The van der Waals surface area contributed by atoms with Crippen LogP contribution in [0, 0.1) is 5.92 Å². The van der Waals surface area contributed by atoms with E-state index in [1.165, 1.54) is 35.5 Å². The number of thioether (sulfide) groups is 1. The van der Waals surface area contributed by atoms with Crippen LogP contribution in [0.1, 0.15) is 40.5 Å². The topological polar surface area (TPSA) is 71.5 Å². The molecule has 0 bridgehead atoms. The molecule has 0 aliphatic carbocycles. The quantitative estimate of drug-likeness (QED) is 0.527. The van der Waals surface area contributed by atoms with E-state index in [0.29, 0.717) is 30.5 Å². The molecule has 0 aromatic heterocycles. The first-order chi connectivity index (χ1) is 13.3. The second-order valence-corrected chi connectivity index (χ2v) is 9.69. The molecule has 28 heavy (non-hydrogen) atoms. The molecule has 0 N–H and O–H groups in total. The Morgan fingerprint density at radius 1 is 1.00 bits per heavy atom. The number of carbonyl (C=O) groups excluding carboxylic acids is 2. The third-order valence-corrected chi connectivity index (χ3v) is 7.65. The second kappa shape index (κ2) is 8.59. The van der Waals surface area contributed by atoms with Gasteiger partial charge in [0.05, 0.1) is 4.90 Å². The molecule has 1 atom stereocenters. The minimum absolute atomic E-state index is 0.0144. The highest BCUT2D eigenvalue weighted by Crippen LogP contribution is 2.27. The molecule has 0 unspecified atom stereocenters. The Hall–Kier alpha value is -1.96. The number of rotatable bonds is 6. The molecule has 1 heterocycles. The molecule has 3 rings (SSSR count). The number of nitrogens with zero attached hydrogens (tertiary/aromatic N) is 1. The number of ketones is 2. The highest BCUT2D eigenvalue weighted by atomic mass is 32.2. The van der Waals surface area contributed by atoms with Crippen molar-refractivity contribution >= 4 is 33.4 Å². The Balaban J connectivity index is 1.77. The molecule has 1 aliphatic heterocycles. The molecule has 2 aromatic carbocycles. The van der Waals surface area contributed by atoms with Crippen molar-refractivity contribution in [2.45, 2.75) is 29.6 Å². The summed E-state index contributed by atoms with van der Waals surface area (Å²) in [6.45, 7) is 2.02. The van der Waals surface area contributed by atoms with Gasteiger partial charge < -0.3 is 0 Å². The van der Waals surface area contributed by atoms with Gasteiger partial charge in [-0.05, 0) is 50.3 Å². The first-order valence-electron chi connectivity index (χ1n) is 9.12. The Morgan fingerprint density at radius 2 is 1.61 bits per heavy atom. The summed E-state index contributed by atoms with van der Waals surface area (Å²) in [6.07, 6.45) is 3.30. The first kappa shape index (κ1) is 20.8. The van der Waals surface area contributed by atoms with E-state index in [1.54, 1.807) is 11.8 Å². The Kier molecular flexibility index (Phi) is 6.37. The molecule has 1 saturated heterocycles. The minimum atomic E-state index is -3.70. The van der Waals surface area contributed by atoms with E-state index in [4.69, 9.17) is 0 Å².